The minimum atomic E-state index is -0.828. The van der Waals surface area contributed by atoms with Gasteiger partial charge in [0, 0.05) is 29.5 Å². The number of methoxy groups -OCH3 is 1. The second-order valence-corrected chi connectivity index (χ2v) is 7.95. The molecular formula is C23H42N8O10. The largest absolute Gasteiger partial charge is 0.467 e. The molecule has 0 aliphatic heterocycles. The number of ether oxygens (including phenoxy) is 7. The van der Waals surface area contributed by atoms with E-state index in [1.807, 2.05) is 0 Å². The monoisotopic (exact) mass is 590 g/mol. The Hall–Kier alpha value is -3.21. The molecule has 0 radical (unpaired) electrons. The van der Waals surface area contributed by atoms with Crippen LogP contribution in [0.4, 0.5) is 0 Å². The van der Waals surface area contributed by atoms with Crippen LogP contribution in [-0.2, 0) is 47.5 Å². The zero-order chi connectivity index (χ0) is 30.2. The lowest BCUT2D eigenvalue weighted by Crippen LogP contribution is -2.43. The molecule has 18 nitrogen and oxygen atoms in total. The highest BCUT2D eigenvalue weighted by molar-refractivity contribution is 5.85. The lowest BCUT2D eigenvalue weighted by molar-refractivity contribution is -0.146. The number of amides is 2. The third kappa shape index (κ3) is 26.8. The van der Waals surface area contributed by atoms with Crippen LogP contribution in [0.15, 0.2) is 10.2 Å². The van der Waals surface area contributed by atoms with Crippen molar-refractivity contribution >= 4 is 17.8 Å². The number of azide groups is 2. The summed E-state index contributed by atoms with van der Waals surface area (Å²) < 4.78 is 36.2. The van der Waals surface area contributed by atoms with E-state index in [1.165, 1.54) is 7.11 Å². The molecule has 2 N–H and O–H groups in total. The van der Waals surface area contributed by atoms with Crippen molar-refractivity contribution in [2.24, 2.45) is 10.2 Å². The summed E-state index contributed by atoms with van der Waals surface area (Å²) in [6.07, 6.45) is 1.47. The zero-order valence-corrected chi connectivity index (χ0v) is 23.6. The van der Waals surface area contributed by atoms with E-state index in [9.17, 15) is 14.4 Å². The van der Waals surface area contributed by atoms with Gasteiger partial charge in [-0.25, -0.2) is 4.79 Å². The van der Waals surface area contributed by atoms with Gasteiger partial charge in [-0.3, -0.25) is 9.59 Å². The summed E-state index contributed by atoms with van der Waals surface area (Å²) in [5, 5.41) is 12.0. The van der Waals surface area contributed by atoms with E-state index in [-0.39, 0.29) is 52.0 Å². The first kappa shape index (κ1) is 37.8. The van der Waals surface area contributed by atoms with Gasteiger partial charge in [0.1, 0.15) is 19.3 Å². The predicted molar refractivity (Wildman–Crippen MR) is 144 cm³/mol. The lowest BCUT2D eigenvalue weighted by Gasteiger charge is -2.16. The number of carbonyl (C=O) groups excluding carboxylic acids is 3. The van der Waals surface area contributed by atoms with Crippen LogP contribution in [-0.4, -0.2) is 130 Å². The van der Waals surface area contributed by atoms with Crippen molar-refractivity contribution in [3.8, 4) is 0 Å². The third-order valence-corrected chi connectivity index (χ3v) is 4.81. The Morgan fingerprint density at radius 1 is 0.683 bits per heavy atom. The van der Waals surface area contributed by atoms with Crippen LogP contribution in [0.3, 0.4) is 0 Å². The van der Waals surface area contributed by atoms with E-state index >= 15 is 0 Å². The molecule has 0 aromatic carbocycles. The normalized spacial score (nSPS) is 11.1. The van der Waals surface area contributed by atoms with E-state index in [4.69, 9.17) is 44.2 Å². The van der Waals surface area contributed by atoms with Crippen molar-refractivity contribution in [3.63, 3.8) is 0 Å². The van der Waals surface area contributed by atoms with Crippen molar-refractivity contribution < 1.29 is 47.5 Å². The van der Waals surface area contributed by atoms with E-state index < -0.39 is 17.9 Å². The SMILES string of the molecule is COC(=O)[C@H](CCCCNC(=O)COCCOCCOCCN=[N+]=[N-])NC(=O)COCCOCCOCCN=[N+]=[N-]. The van der Waals surface area contributed by atoms with Crippen LogP contribution in [0.2, 0.25) is 0 Å². The van der Waals surface area contributed by atoms with Crippen molar-refractivity contribution in [2.75, 3.05) is 106 Å². The molecule has 1 atom stereocenters. The highest BCUT2D eigenvalue weighted by atomic mass is 16.6. The fourth-order valence-electron chi connectivity index (χ4n) is 2.89. The summed E-state index contributed by atoms with van der Waals surface area (Å²) in [7, 11) is 1.24. The lowest BCUT2D eigenvalue weighted by atomic mass is 10.1. The molecule has 234 valence electrons. The van der Waals surface area contributed by atoms with Gasteiger partial charge in [-0.1, -0.05) is 10.2 Å². The van der Waals surface area contributed by atoms with E-state index in [0.717, 1.165) is 0 Å². The van der Waals surface area contributed by atoms with Gasteiger partial charge in [0.15, 0.2) is 0 Å². The molecule has 0 saturated heterocycles. The minimum absolute atomic E-state index is 0.107. The van der Waals surface area contributed by atoms with Crippen molar-refractivity contribution in [1.82, 2.24) is 10.6 Å². The molecule has 0 fully saturated rings. The van der Waals surface area contributed by atoms with Gasteiger partial charge in [-0.2, -0.15) is 0 Å². The molecular weight excluding hydrogens is 548 g/mol. The minimum Gasteiger partial charge on any atom is -0.467 e. The van der Waals surface area contributed by atoms with Gasteiger partial charge < -0.3 is 43.8 Å². The fraction of sp³-hybridized carbons (Fsp3) is 0.870. The van der Waals surface area contributed by atoms with Crippen LogP contribution in [0, 0.1) is 0 Å². The number of carbonyl (C=O) groups is 3. The quantitative estimate of drug-likeness (QED) is 0.0405. The average Bonchev–Trinajstić information content (AvgIpc) is 2.97. The summed E-state index contributed by atoms with van der Waals surface area (Å²) in [6, 6.07) is -0.828. The molecule has 0 spiro atoms. The van der Waals surface area contributed by atoms with Crippen LogP contribution in [0.5, 0.6) is 0 Å². The number of esters is 1. The molecule has 0 aliphatic rings. The molecule has 0 aromatic rings. The van der Waals surface area contributed by atoms with Gasteiger partial charge in [0.05, 0.1) is 73.2 Å². The molecule has 0 aliphatic carbocycles. The average molecular weight is 591 g/mol. The highest BCUT2D eigenvalue weighted by Gasteiger charge is 2.21. The smallest absolute Gasteiger partial charge is 0.328 e. The van der Waals surface area contributed by atoms with E-state index in [0.29, 0.717) is 72.1 Å². The number of nitrogens with one attached hydrogen (secondary N) is 2. The highest BCUT2D eigenvalue weighted by Crippen LogP contribution is 2.03. The van der Waals surface area contributed by atoms with Crippen LogP contribution in [0.25, 0.3) is 20.9 Å². The first-order chi connectivity index (χ1) is 20.0. The molecule has 0 heterocycles. The Kier molecular flexibility index (Phi) is 27.4. The number of hydrogen-bond acceptors (Lipinski definition) is 12. The Labute approximate surface area is 238 Å². The first-order valence-electron chi connectivity index (χ1n) is 13.2. The molecule has 41 heavy (non-hydrogen) atoms. The summed E-state index contributed by atoms with van der Waals surface area (Å²) in [6.45, 7) is 3.61. The number of unbranched alkanes of at least 4 members (excludes halogenated alkanes) is 1. The number of rotatable bonds is 29. The molecule has 2 amide bonds. The topological polar surface area (TPSA) is 237 Å². The van der Waals surface area contributed by atoms with Gasteiger partial charge in [0.2, 0.25) is 11.8 Å². The Morgan fingerprint density at radius 3 is 1.63 bits per heavy atom. The van der Waals surface area contributed by atoms with E-state index in [1.54, 1.807) is 0 Å². The summed E-state index contributed by atoms with van der Waals surface area (Å²) >= 11 is 0. The van der Waals surface area contributed by atoms with Gasteiger partial charge in [-0.05, 0) is 30.3 Å². The molecule has 18 heteroatoms. The summed E-state index contributed by atoms with van der Waals surface area (Å²) in [4.78, 5) is 41.2. The second-order valence-electron chi connectivity index (χ2n) is 7.95. The molecule has 0 bridgehead atoms. The summed E-state index contributed by atoms with van der Waals surface area (Å²) in [5.74, 6) is -1.31. The molecule has 0 saturated carbocycles. The molecule has 0 rings (SSSR count). The Bertz CT molecular complexity index is 794. The van der Waals surface area contributed by atoms with Crippen LogP contribution < -0.4 is 10.6 Å². The maximum Gasteiger partial charge on any atom is 0.328 e. The maximum atomic E-state index is 12.1. The van der Waals surface area contributed by atoms with Crippen LogP contribution >= 0.6 is 0 Å². The summed E-state index contributed by atoms with van der Waals surface area (Å²) in [5.41, 5.74) is 16.3. The standard InChI is InChI=1S/C23H42N8O10/c1-35-23(34)20(29-22(33)19-41-17-15-39-13-11-37-9-7-28-31-25)4-2-3-5-26-21(32)18-40-16-14-38-12-10-36-8-6-27-30-24/h20H,2-19H2,1H3,(H,26,32)(H,29,33)/t20-/m0/s1. The fourth-order valence-corrected chi connectivity index (χ4v) is 2.89. The molecule has 0 unspecified atom stereocenters. The van der Waals surface area contributed by atoms with Gasteiger partial charge in [-0.15, -0.1) is 0 Å². The van der Waals surface area contributed by atoms with E-state index in [2.05, 4.69) is 30.7 Å². The van der Waals surface area contributed by atoms with Crippen molar-refractivity contribution in [2.45, 2.75) is 25.3 Å². The number of nitrogens with zero attached hydrogens (tertiary/aromatic N) is 6. The van der Waals surface area contributed by atoms with Crippen molar-refractivity contribution in [1.29, 1.82) is 0 Å². The van der Waals surface area contributed by atoms with Crippen molar-refractivity contribution in [3.05, 3.63) is 20.9 Å². The molecule has 0 aromatic heterocycles. The zero-order valence-electron chi connectivity index (χ0n) is 23.6. The Morgan fingerprint density at radius 2 is 1.15 bits per heavy atom. The van der Waals surface area contributed by atoms with Gasteiger partial charge in [0.25, 0.3) is 0 Å². The second kappa shape index (κ2) is 29.8. The van der Waals surface area contributed by atoms with Crippen LogP contribution in [0.1, 0.15) is 19.3 Å². The van der Waals surface area contributed by atoms with Gasteiger partial charge >= 0.3 is 5.97 Å². The first-order valence-corrected chi connectivity index (χ1v) is 13.2. The Balaban J connectivity index is 3.79. The number of hydrogen-bond donors (Lipinski definition) is 2. The third-order valence-electron chi connectivity index (χ3n) is 4.81. The maximum absolute atomic E-state index is 12.1. The predicted octanol–water partition coefficient (Wildman–Crippen LogP) is 0.651.